The average molecular weight is 572 g/mol. The molecule has 0 radical (unpaired) electrons. The molecule has 0 aromatic heterocycles. The number of hydrazone groups is 1. The van der Waals surface area contributed by atoms with Gasteiger partial charge in [-0.1, -0.05) is 40.9 Å². The quantitative estimate of drug-likeness (QED) is 0.226. The lowest BCUT2D eigenvalue weighted by Gasteiger charge is -2.13. The van der Waals surface area contributed by atoms with Crippen molar-refractivity contribution in [1.82, 2.24) is 5.43 Å². The first-order valence-electron chi connectivity index (χ1n) is 9.28. The standard InChI is InChI=1S/C22H17BrCl2N2O5S/c1-13-3-6-16(7-4-13)33(29,30)32-21-17(23)9-14(10-20(21)31-2)12-26-27-22(28)15-5-8-18(24)19(25)11-15/h3-12H,1-2H3,(H,27,28)/b26-12-. The molecule has 0 saturated heterocycles. The van der Waals surface area contributed by atoms with E-state index in [-0.39, 0.29) is 27.0 Å². The number of ether oxygens (including phenoxy) is 1. The first-order chi connectivity index (χ1) is 15.6. The minimum atomic E-state index is -4.08. The van der Waals surface area contributed by atoms with Gasteiger partial charge in [-0.3, -0.25) is 4.79 Å². The minimum Gasteiger partial charge on any atom is -0.493 e. The van der Waals surface area contributed by atoms with Crippen molar-refractivity contribution in [3.8, 4) is 11.5 Å². The van der Waals surface area contributed by atoms with Crippen LogP contribution in [0.3, 0.4) is 0 Å². The van der Waals surface area contributed by atoms with Crippen LogP contribution in [0.25, 0.3) is 0 Å². The Morgan fingerprint density at radius 3 is 2.39 bits per heavy atom. The van der Waals surface area contributed by atoms with Crippen molar-refractivity contribution in [3.63, 3.8) is 0 Å². The molecule has 172 valence electrons. The fourth-order valence-electron chi connectivity index (χ4n) is 2.63. The smallest absolute Gasteiger partial charge is 0.339 e. The molecule has 0 spiro atoms. The van der Waals surface area contributed by atoms with E-state index >= 15 is 0 Å². The lowest BCUT2D eigenvalue weighted by atomic mass is 10.2. The van der Waals surface area contributed by atoms with Crippen LogP contribution in [-0.4, -0.2) is 27.6 Å². The lowest BCUT2D eigenvalue weighted by Crippen LogP contribution is -2.17. The first kappa shape index (κ1) is 25.0. The third-order valence-electron chi connectivity index (χ3n) is 4.32. The number of amides is 1. The minimum absolute atomic E-state index is 0.0118. The van der Waals surface area contributed by atoms with Crippen molar-refractivity contribution in [2.75, 3.05) is 7.11 Å². The van der Waals surface area contributed by atoms with Crippen LogP contribution in [0.5, 0.6) is 11.5 Å². The third kappa shape index (κ3) is 6.26. The molecule has 7 nitrogen and oxygen atoms in total. The number of carbonyl (C=O) groups excluding carboxylic acids is 1. The third-order valence-corrected chi connectivity index (χ3v) is 6.88. The van der Waals surface area contributed by atoms with Crippen molar-refractivity contribution >= 4 is 61.4 Å². The van der Waals surface area contributed by atoms with Crippen LogP contribution in [0.15, 0.2) is 69.1 Å². The number of aryl methyl sites for hydroxylation is 1. The van der Waals surface area contributed by atoms with E-state index in [2.05, 4.69) is 26.5 Å². The van der Waals surface area contributed by atoms with Gasteiger partial charge < -0.3 is 8.92 Å². The van der Waals surface area contributed by atoms with Crippen molar-refractivity contribution in [1.29, 1.82) is 0 Å². The number of carbonyl (C=O) groups is 1. The number of methoxy groups -OCH3 is 1. The zero-order chi connectivity index (χ0) is 24.2. The monoisotopic (exact) mass is 570 g/mol. The van der Waals surface area contributed by atoms with Gasteiger partial charge in [-0.25, -0.2) is 5.43 Å². The zero-order valence-corrected chi connectivity index (χ0v) is 21.2. The summed E-state index contributed by atoms with van der Waals surface area (Å²) in [4.78, 5) is 12.2. The Morgan fingerprint density at radius 1 is 1.06 bits per heavy atom. The summed E-state index contributed by atoms with van der Waals surface area (Å²) in [7, 11) is -2.71. The fraction of sp³-hybridized carbons (Fsp3) is 0.0909. The Morgan fingerprint density at radius 2 is 1.76 bits per heavy atom. The summed E-state index contributed by atoms with van der Waals surface area (Å²) in [5.74, 6) is -0.354. The maximum absolute atomic E-state index is 12.7. The van der Waals surface area contributed by atoms with Crippen LogP contribution in [0.1, 0.15) is 21.5 Å². The molecule has 0 saturated carbocycles. The van der Waals surface area contributed by atoms with Gasteiger partial charge in [0.05, 0.1) is 27.8 Å². The molecule has 0 atom stereocenters. The predicted octanol–water partition coefficient (Wildman–Crippen LogP) is 5.60. The van der Waals surface area contributed by atoms with E-state index in [1.54, 1.807) is 18.2 Å². The van der Waals surface area contributed by atoms with Gasteiger partial charge in [0.25, 0.3) is 5.91 Å². The van der Waals surface area contributed by atoms with E-state index in [1.807, 2.05) is 6.92 Å². The highest BCUT2D eigenvalue weighted by atomic mass is 79.9. The molecule has 0 heterocycles. The van der Waals surface area contributed by atoms with E-state index in [0.717, 1.165) is 5.56 Å². The molecule has 0 aliphatic heterocycles. The number of hydrogen-bond donors (Lipinski definition) is 1. The van der Waals surface area contributed by atoms with Gasteiger partial charge in [0.2, 0.25) is 0 Å². The molecular weight excluding hydrogens is 555 g/mol. The van der Waals surface area contributed by atoms with Crippen molar-refractivity contribution in [2.45, 2.75) is 11.8 Å². The molecule has 0 aliphatic carbocycles. The van der Waals surface area contributed by atoms with E-state index < -0.39 is 16.0 Å². The van der Waals surface area contributed by atoms with E-state index in [9.17, 15) is 13.2 Å². The number of nitrogens with zero attached hydrogens (tertiary/aromatic N) is 1. The van der Waals surface area contributed by atoms with Crippen LogP contribution in [-0.2, 0) is 10.1 Å². The zero-order valence-electron chi connectivity index (χ0n) is 17.3. The molecule has 0 aliphatic rings. The molecule has 3 aromatic carbocycles. The highest BCUT2D eigenvalue weighted by Gasteiger charge is 2.22. The van der Waals surface area contributed by atoms with Crippen LogP contribution < -0.4 is 14.3 Å². The summed E-state index contributed by atoms with van der Waals surface area (Å²) < 4.78 is 36.2. The van der Waals surface area contributed by atoms with Crippen LogP contribution >= 0.6 is 39.1 Å². The summed E-state index contributed by atoms with van der Waals surface area (Å²) in [5.41, 5.74) is 4.08. The molecule has 1 amide bonds. The predicted molar refractivity (Wildman–Crippen MR) is 131 cm³/mol. The Labute approximate surface area is 209 Å². The lowest BCUT2D eigenvalue weighted by molar-refractivity contribution is 0.0955. The average Bonchev–Trinajstić information content (AvgIpc) is 2.77. The van der Waals surface area contributed by atoms with Crippen molar-refractivity contribution in [3.05, 3.63) is 85.8 Å². The van der Waals surface area contributed by atoms with Gasteiger partial charge in [-0.05, 0) is 70.9 Å². The largest absolute Gasteiger partial charge is 0.493 e. The van der Waals surface area contributed by atoms with Crippen molar-refractivity contribution in [2.24, 2.45) is 5.10 Å². The van der Waals surface area contributed by atoms with Gasteiger partial charge >= 0.3 is 10.1 Å². The van der Waals surface area contributed by atoms with Gasteiger partial charge in [0.1, 0.15) is 4.90 Å². The van der Waals surface area contributed by atoms with Crippen LogP contribution in [0, 0.1) is 6.92 Å². The molecule has 33 heavy (non-hydrogen) atoms. The van der Waals surface area contributed by atoms with Gasteiger partial charge in [-0.15, -0.1) is 0 Å². The summed E-state index contributed by atoms with van der Waals surface area (Å²) in [6.45, 7) is 1.85. The molecule has 0 unspecified atom stereocenters. The number of benzene rings is 3. The first-order valence-corrected chi connectivity index (χ1v) is 12.2. The molecule has 1 N–H and O–H groups in total. The Balaban J connectivity index is 1.79. The van der Waals surface area contributed by atoms with Gasteiger partial charge in [0, 0.05) is 5.56 Å². The summed E-state index contributed by atoms with van der Waals surface area (Å²) >= 11 is 15.1. The summed E-state index contributed by atoms with van der Waals surface area (Å²) in [6, 6.07) is 13.8. The normalized spacial score (nSPS) is 11.4. The topological polar surface area (TPSA) is 94.1 Å². The molecule has 0 bridgehead atoms. The van der Waals surface area contributed by atoms with Crippen LogP contribution in [0.2, 0.25) is 10.0 Å². The maximum Gasteiger partial charge on any atom is 0.339 e. The van der Waals surface area contributed by atoms with E-state index in [4.69, 9.17) is 32.1 Å². The molecular formula is C22H17BrCl2N2O5S. The molecule has 11 heteroatoms. The molecule has 3 rings (SSSR count). The van der Waals surface area contributed by atoms with E-state index in [1.165, 1.54) is 49.7 Å². The van der Waals surface area contributed by atoms with Gasteiger partial charge in [0.15, 0.2) is 11.5 Å². The number of nitrogens with one attached hydrogen (secondary N) is 1. The van der Waals surface area contributed by atoms with Crippen molar-refractivity contribution < 1.29 is 22.1 Å². The molecule has 0 fully saturated rings. The number of hydrogen-bond acceptors (Lipinski definition) is 6. The fourth-order valence-corrected chi connectivity index (χ4v) is 4.53. The van der Waals surface area contributed by atoms with Crippen LogP contribution in [0.4, 0.5) is 0 Å². The summed E-state index contributed by atoms with van der Waals surface area (Å²) in [6.07, 6.45) is 1.36. The maximum atomic E-state index is 12.7. The Kier molecular flexibility index (Phi) is 8.01. The second kappa shape index (κ2) is 10.6. The van der Waals surface area contributed by atoms with Gasteiger partial charge in [-0.2, -0.15) is 13.5 Å². The highest BCUT2D eigenvalue weighted by Crippen LogP contribution is 2.38. The highest BCUT2D eigenvalue weighted by molar-refractivity contribution is 9.10. The Bertz CT molecular complexity index is 1330. The number of halogens is 3. The molecule has 3 aromatic rings. The Hall–Kier alpha value is -2.59. The van der Waals surface area contributed by atoms with E-state index in [0.29, 0.717) is 15.1 Å². The SMILES string of the molecule is COc1cc(/C=N\NC(=O)c2ccc(Cl)c(Cl)c2)cc(Br)c1OS(=O)(=O)c1ccc(C)cc1. The second-order valence-corrected chi connectivity index (χ2v) is 9.93. The second-order valence-electron chi connectivity index (χ2n) is 6.71. The summed E-state index contributed by atoms with van der Waals surface area (Å²) in [5, 5.41) is 4.49. The number of rotatable bonds is 7.